The van der Waals surface area contributed by atoms with Crippen LogP contribution in [0.4, 0.5) is 10.1 Å². The molecule has 0 atom stereocenters. The lowest BCUT2D eigenvalue weighted by Gasteiger charge is -2.36. The number of nitrogens with zero attached hydrogens (tertiary/aromatic N) is 3. The van der Waals surface area contributed by atoms with Gasteiger partial charge in [-0.3, -0.25) is 4.79 Å². The Morgan fingerprint density at radius 3 is 2.16 bits per heavy atom. The number of amides is 1. The van der Waals surface area contributed by atoms with Gasteiger partial charge in [0.05, 0.1) is 4.90 Å². The van der Waals surface area contributed by atoms with Crippen molar-refractivity contribution in [3.05, 3.63) is 59.4 Å². The zero-order valence-corrected chi connectivity index (χ0v) is 18.6. The molecule has 1 amide bonds. The molecule has 0 bridgehead atoms. The highest BCUT2D eigenvalue weighted by atomic mass is 32.2. The van der Waals surface area contributed by atoms with Crippen molar-refractivity contribution in [1.29, 1.82) is 0 Å². The van der Waals surface area contributed by atoms with E-state index in [1.54, 1.807) is 29.2 Å². The van der Waals surface area contributed by atoms with Gasteiger partial charge in [-0.15, -0.1) is 0 Å². The van der Waals surface area contributed by atoms with Crippen molar-refractivity contribution in [2.75, 3.05) is 44.2 Å². The normalized spacial score (nSPS) is 18.3. The fraction of sp³-hybridized carbons (Fsp3) is 0.435. The minimum absolute atomic E-state index is 0.146. The molecule has 0 N–H and O–H groups in total. The van der Waals surface area contributed by atoms with Crippen LogP contribution in [0.3, 0.4) is 0 Å². The Hall–Kier alpha value is -2.45. The van der Waals surface area contributed by atoms with Gasteiger partial charge in [0.2, 0.25) is 10.0 Å². The van der Waals surface area contributed by atoms with Gasteiger partial charge >= 0.3 is 0 Å². The number of piperidine rings is 1. The Kier molecular flexibility index (Phi) is 6.29. The van der Waals surface area contributed by atoms with Gasteiger partial charge in [0.25, 0.3) is 5.91 Å². The quantitative estimate of drug-likeness (QED) is 0.725. The van der Waals surface area contributed by atoms with Crippen molar-refractivity contribution < 1.29 is 17.6 Å². The summed E-state index contributed by atoms with van der Waals surface area (Å²) in [6.45, 7) is 5.23. The van der Waals surface area contributed by atoms with Gasteiger partial charge in [-0.2, -0.15) is 4.31 Å². The van der Waals surface area contributed by atoms with Crippen LogP contribution in [0.5, 0.6) is 0 Å². The number of anilines is 1. The van der Waals surface area contributed by atoms with Crippen LogP contribution in [-0.2, 0) is 10.0 Å². The molecule has 8 heteroatoms. The summed E-state index contributed by atoms with van der Waals surface area (Å²) in [5.41, 5.74) is 2.14. The van der Waals surface area contributed by atoms with E-state index in [-0.39, 0.29) is 16.6 Å². The lowest BCUT2D eigenvalue weighted by molar-refractivity contribution is 0.0746. The molecule has 2 fully saturated rings. The smallest absolute Gasteiger partial charge is 0.254 e. The standard InChI is InChI=1S/C23H28FN3O3S/c1-18-5-10-21(31(29,30)27-11-3-2-4-12-27)17-22(18)23(28)26-15-13-25(14-16-26)20-8-6-19(24)7-9-20/h5-10,17H,2-4,11-16H2,1H3. The number of piperazine rings is 1. The van der Waals surface area contributed by atoms with Crippen LogP contribution in [-0.4, -0.2) is 62.8 Å². The average molecular weight is 446 g/mol. The maximum atomic E-state index is 13.2. The molecule has 0 aliphatic carbocycles. The Bertz CT molecular complexity index is 1040. The summed E-state index contributed by atoms with van der Waals surface area (Å²) in [4.78, 5) is 17.3. The zero-order chi connectivity index (χ0) is 22.0. The van der Waals surface area contributed by atoms with Crippen molar-refractivity contribution >= 4 is 21.6 Å². The fourth-order valence-electron chi connectivity index (χ4n) is 4.24. The molecule has 0 aromatic heterocycles. The van der Waals surface area contributed by atoms with Crippen LogP contribution in [0.1, 0.15) is 35.2 Å². The molecule has 2 heterocycles. The number of hydrogen-bond acceptors (Lipinski definition) is 4. The summed E-state index contributed by atoms with van der Waals surface area (Å²) < 4.78 is 40.8. The van der Waals surface area contributed by atoms with Crippen molar-refractivity contribution in [2.45, 2.75) is 31.1 Å². The fourth-order valence-corrected chi connectivity index (χ4v) is 5.78. The topological polar surface area (TPSA) is 60.9 Å². The molecule has 6 nitrogen and oxygen atoms in total. The lowest BCUT2D eigenvalue weighted by Crippen LogP contribution is -2.49. The molecular formula is C23H28FN3O3S. The number of carbonyl (C=O) groups excluding carboxylic acids is 1. The molecule has 2 aliphatic heterocycles. The number of sulfonamides is 1. The highest BCUT2D eigenvalue weighted by Crippen LogP contribution is 2.24. The SMILES string of the molecule is Cc1ccc(S(=O)(=O)N2CCCCC2)cc1C(=O)N1CCN(c2ccc(F)cc2)CC1. The predicted octanol–water partition coefficient (Wildman–Crippen LogP) is 3.27. The molecule has 0 saturated carbocycles. The minimum Gasteiger partial charge on any atom is -0.368 e. The van der Waals surface area contributed by atoms with E-state index in [9.17, 15) is 17.6 Å². The minimum atomic E-state index is -3.59. The molecule has 2 aromatic rings. The van der Waals surface area contributed by atoms with E-state index in [1.807, 2.05) is 6.92 Å². The van der Waals surface area contributed by atoms with E-state index in [0.29, 0.717) is 44.8 Å². The lowest BCUT2D eigenvalue weighted by atomic mass is 10.1. The van der Waals surface area contributed by atoms with E-state index in [1.165, 1.54) is 22.5 Å². The van der Waals surface area contributed by atoms with E-state index in [0.717, 1.165) is 30.5 Å². The zero-order valence-electron chi connectivity index (χ0n) is 17.8. The number of hydrogen-bond donors (Lipinski definition) is 0. The summed E-state index contributed by atoms with van der Waals surface area (Å²) in [5.74, 6) is -0.417. The molecule has 166 valence electrons. The number of carbonyl (C=O) groups is 1. The molecule has 2 aromatic carbocycles. The maximum Gasteiger partial charge on any atom is 0.254 e. The van der Waals surface area contributed by atoms with Gasteiger partial charge in [-0.25, -0.2) is 12.8 Å². The first kappa shape index (κ1) is 21.8. The second kappa shape index (κ2) is 8.96. The second-order valence-electron chi connectivity index (χ2n) is 8.20. The van der Waals surface area contributed by atoms with E-state index in [2.05, 4.69) is 4.90 Å². The summed E-state index contributed by atoms with van der Waals surface area (Å²) in [7, 11) is -3.59. The molecule has 0 unspecified atom stereocenters. The molecular weight excluding hydrogens is 417 g/mol. The molecule has 0 radical (unpaired) electrons. The summed E-state index contributed by atoms with van der Waals surface area (Å²) in [5, 5.41) is 0. The van der Waals surface area contributed by atoms with Crippen LogP contribution in [0.2, 0.25) is 0 Å². The van der Waals surface area contributed by atoms with Gasteiger partial charge in [0.1, 0.15) is 5.82 Å². The monoisotopic (exact) mass is 445 g/mol. The van der Waals surface area contributed by atoms with Crippen LogP contribution in [0.15, 0.2) is 47.4 Å². The van der Waals surface area contributed by atoms with Gasteiger partial charge in [0, 0.05) is 50.5 Å². The Morgan fingerprint density at radius 1 is 0.871 bits per heavy atom. The van der Waals surface area contributed by atoms with Crippen LogP contribution >= 0.6 is 0 Å². The van der Waals surface area contributed by atoms with Crippen LogP contribution in [0.25, 0.3) is 0 Å². The van der Waals surface area contributed by atoms with Gasteiger partial charge in [0.15, 0.2) is 0 Å². The van der Waals surface area contributed by atoms with Gasteiger partial charge < -0.3 is 9.80 Å². The molecule has 4 rings (SSSR count). The number of aryl methyl sites for hydroxylation is 1. The summed E-state index contributed by atoms with van der Waals surface area (Å²) in [6.07, 6.45) is 2.79. The van der Waals surface area contributed by atoms with Crippen molar-refractivity contribution in [3.8, 4) is 0 Å². The summed E-state index contributed by atoms with van der Waals surface area (Å²) in [6, 6.07) is 11.2. The predicted molar refractivity (Wildman–Crippen MR) is 118 cm³/mol. The Labute approximate surface area is 183 Å². The third kappa shape index (κ3) is 4.60. The van der Waals surface area contributed by atoms with Crippen LogP contribution < -0.4 is 4.90 Å². The third-order valence-electron chi connectivity index (χ3n) is 6.15. The van der Waals surface area contributed by atoms with Crippen molar-refractivity contribution in [3.63, 3.8) is 0 Å². The first-order valence-corrected chi connectivity index (χ1v) is 12.2. The molecule has 31 heavy (non-hydrogen) atoms. The highest BCUT2D eigenvalue weighted by molar-refractivity contribution is 7.89. The summed E-state index contributed by atoms with van der Waals surface area (Å²) >= 11 is 0. The number of benzene rings is 2. The Morgan fingerprint density at radius 2 is 1.52 bits per heavy atom. The van der Waals surface area contributed by atoms with Gasteiger partial charge in [-0.05, 0) is 61.7 Å². The third-order valence-corrected chi connectivity index (χ3v) is 8.05. The molecule has 2 aliphatic rings. The maximum absolute atomic E-state index is 13.2. The number of halogens is 1. The van der Waals surface area contributed by atoms with Crippen molar-refractivity contribution in [1.82, 2.24) is 9.21 Å². The van der Waals surface area contributed by atoms with E-state index < -0.39 is 10.0 Å². The Balaban J connectivity index is 1.48. The van der Waals surface area contributed by atoms with Crippen molar-refractivity contribution in [2.24, 2.45) is 0 Å². The second-order valence-corrected chi connectivity index (χ2v) is 10.1. The largest absolute Gasteiger partial charge is 0.368 e. The van der Waals surface area contributed by atoms with E-state index >= 15 is 0 Å². The highest BCUT2D eigenvalue weighted by Gasteiger charge is 2.29. The van der Waals surface area contributed by atoms with Crippen LogP contribution in [0, 0.1) is 12.7 Å². The average Bonchev–Trinajstić information content (AvgIpc) is 2.80. The first-order chi connectivity index (χ1) is 14.9. The van der Waals surface area contributed by atoms with E-state index in [4.69, 9.17) is 0 Å². The first-order valence-electron chi connectivity index (χ1n) is 10.8. The molecule has 2 saturated heterocycles. The molecule has 0 spiro atoms. The number of rotatable bonds is 4. The van der Waals surface area contributed by atoms with Gasteiger partial charge in [-0.1, -0.05) is 12.5 Å².